The molecule has 3 N–H and O–H groups in total. The second-order valence-electron chi connectivity index (χ2n) is 7.28. The Morgan fingerprint density at radius 3 is 3.04 bits per heavy atom. The Balaban J connectivity index is 1.36. The van der Waals surface area contributed by atoms with Crippen LogP contribution in [0.1, 0.15) is 29.8 Å². The number of pyridine rings is 1. The first-order chi connectivity index (χ1) is 12.7. The summed E-state index contributed by atoms with van der Waals surface area (Å²) in [5, 5.41) is 11.6. The number of fused-ring (bicyclic) bond motifs is 3. The standard InChI is InChI=1S/C18H21N5O2S/c24-16-9-19-3-4-23(16)17-5-10-8-20-14(7-15(10)26-17)18(25)22-13-6-11-1-2-12(13)21-11/h5,7-8,11-13,19,21H,1-4,6,9H2,(H,22,25)/t11-,12+,13-/m1/s1. The molecule has 2 aromatic rings. The lowest BCUT2D eigenvalue weighted by Crippen LogP contribution is -2.47. The molecule has 3 aliphatic heterocycles. The van der Waals surface area contributed by atoms with Crippen molar-refractivity contribution in [2.24, 2.45) is 0 Å². The van der Waals surface area contributed by atoms with Gasteiger partial charge in [-0.3, -0.25) is 14.6 Å². The van der Waals surface area contributed by atoms with Gasteiger partial charge >= 0.3 is 0 Å². The second-order valence-corrected chi connectivity index (χ2v) is 8.34. The molecule has 7 nitrogen and oxygen atoms in total. The number of piperazine rings is 1. The molecule has 0 saturated carbocycles. The van der Waals surface area contributed by atoms with Crippen LogP contribution >= 0.6 is 11.3 Å². The van der Waals surface area contributed by atoms with Gasteiger partial charge in [-0.2, -0.15) is 0 Å². The van der Waals surface area contributed by atoms with Gasteiger partial charge in [0.15, 0.2) is 0 Å². The molecule has 0 radical (unpaired) electrons. The summed E-state index contributed by atoms with van der Waals surface area (Å²) in [6, 6.07) is 4.98. The number of carbonyl (C=O) groups is 2. The van der Waals surface area contributed by atoms with E-state index in [9.17, 15) is 9.59 Å². The molecule has 0 aliphatic carbocycles. The number of hydrogen-bond donors (Lipinski definition) is 3. The maximum Gasteiger partial charge on any atom is 0.270 e. The highest BCUT2D eigenvalue weighted by Crippen LogP contribution is 2.33. The monoisotopic (exact) mass is 371 g/mol. The summed E-state index contributed by atoms with van der Waals surface area (Å²) in [5.41, 5.74) is 0.445. The molecule has 5 heterocycles. The quantitative estimate of drug-likeness (QED) is 0.745. The van der Waals surface area contributed by atoms with Crippen molar-refractivity contribution in [1.29, 1.82) is 0 Å². The van der Waals surface area contributed by atoms with Crippen LogP contribution in [0.2, 0.25) is 0 Å². The normalized spacial score (nSPS) is 28.1. The molecule has 0 unspecified atom stereocenters. The third kappa shape index (κ3) is 2.78. The summed E-state index contributed by atoms with van der Waals surface area (Å²) in [4.78, 5) is 30.9. The molecule has 26 heavy (non-hydrogen) atoms. The summed E-state index contributed by atoms with van der Waals surface area (Å²) in [5.74, 6) is -0.0306. The van der Waals surface area contributed by atoms with Crippen molar-refractivity contribution in [2.75, 3.05) is 24.5 Å². The molecule has 2 amide bonds. The fourth-order valence-electron chi connectivity index (χ4n) is 4.24. The van der Waals surface area contributed by atoms with Crippen LogP contribution in [0.25, 0.3) is 10.1 Å². The Hall–Kier alpha value is -2.03. The van der Waals surface area contributed by atoms with Gasteiger partial charge in [0.2, 0.25) is 5.91 Å². The molecular weight excluding hydrogens is 350 g/mol. The Morgan fingerprint density at radius 1 is 1.35 bits per heavy atom. The molecule has 0 aromatic carbocycles. The first-order valence-corrected chi connectivity index (χ1v) is 9.96. The van der Waals surface area contributed by atoms with Crippen molar-refractivity contribution in [3.63, 3.8) is 0 Å². The van der Waals surface area contributed by atoms with E-state index in [1.165, 1.54) is 17.8 Å². The van der Waals surface area contributed by atoms with E-state index in [1.807, 2.05) is 17.0 Å². The average Bonchev–Trinajstić information content (AvgIpc) is 3.36. The maximum absolute atomic E-state index is 12.6. The number of rotatable bonds is 3. The van der Waals surface area contributed by atoms with Crippen molar-refractivity contribution in [2.45, 2.75) is 37.4 Å². The van der Waals surface area contributed by atoms with Crippen molar-refractivity contribution < 1.29 is 9.59 Å². The zero-order valence-electron chi connectivity index (χ0n) is 14.3. The predicted molar refractivity (Wildman–Crippen MR) is 101 cm³/mol. The van der Waals surface area contributed by atoms with E-state index in [0.29, 0.717) is 30.9 Å². The predicted octanol–water partition coefficient (Wildman–Crippen LogP) is 0.855. The molecule has 5 rings (SSSR count). The zero-order chi connectivity index (χ0) is 17.7. The van der Waals surface area contributed by atoms with Crippen molar-refractivity contribution >= 4 is 38.2 Å². The number of amides is 2. The Kier molecular flexibility index (Phi) is 3.91. The zero-order valence-corrected chi connectivity index (χ0v) is 15.1. The van der Waals surface area contributed by atoms with E-state index in [1.54, 1.807) is 6.20 Å². The van der Waals surface area contributed by atoms with Crippen LogP contribution in [0.4, 0.5) is 5.00 Å². The lowest BCUT2D eigenvalue weighted by molar-refractivity contribution is -0.118. The lowest BCUT2D eigenvalue weighted by atomic mass is 9.95. The fraction of sp³-hybridized carbons (Fsp3) is 0.500. The van der Waals surface area contributed by atoms with Gasteiger partial charge in [0.1, 0.15) is 5.69 Å². The molecule has 8 heteroatoms. The molecule has 3 fully saturated rings. The number of nitrogens with zero attached hydrogens (tertiary/aromatic N) is 2. The maximum atomic E-state index is 12.6. The average molecular weight is 371 g/mol. The van der Waals surface area contributed by atoms with Gasteiger partial charge in [-0.1, -0.05) is 0 Å². The van der Waals surface area contributed by atoms with Crippen LogP contribution in [0.3, 0.4) is 0 Å². The summed E-state index contributed by atoms with van der Waals surface area (Å²) in [6.07, 6.45) is 5.09. The third-order valence-corrected chi connectivity index (χ3v) is 6.71. The highest BCUT2D eigenvalue weighted by atomic mass is 32.1. The molecule has 136 valence electrons. The first kappa shape index (κ1) is 16.2. The Bertz CT molecular complexity index is 882. The number of aromatic nitrogens is 1. The largest absolute Gasteiger partial charge is 0.346 e. The van der Waals surface area contributed by atoms with Crippen LogP contribution in [-0.4, -0.2) is 54.6 Å². The van der Waals surface area contributed by atoms with Crippen molar-refractivity contribution in [1.82, 2.24) is 20.9 Å². The number of carbonyl (C=O) groups excluding carboxylic acids is 2. The van der Waals surface area contributed by atoms with Gasteiger partial charge in [-0.15, -0.1) is 11.3 Å². The van der Waals surface area contributed by atoms with E-state index in [0.717, 1.165) is 34.5 Å². The summed E-state index contributed by atoms with van der Waals surface area (Å²) < 4.78 is 0.984. The minimum Gasteiger partial charge on any atom is -0.346 e. The molecule has 2 bridgehead atoms. The minimum absolute atomic E-state index is 0.0810. The second kappa shape index (κ2) is 6.29. The van der Waals surface area contributed by atoms with Gasteiger partial charge in [0.05, 0.1) is 11.5 Å². The number of nitrogens with one attached hydrogen (secondary N) is 3. The summed E-state index contributed by atoms with van der Waals surface area (Å²) in [6.45, 7) is 1.84. The van der Waals surface area contributed by atoms with Crippen LogP contribution < -0.4 is 20.9 Å². The highest BCUT2D eigenvalue weighted by molar-refractivity contribution is 7.23. The Labute approximate surface area is 155 Å². The molecule has 2 aromatic heterocycles. The summed E-state index contributed by atoms with van der Waals surface area (Å²) in [7, 11) is 0. The first-order valence-electron chi connectivity index (χ1n) is 9.15. The molecule has 3 aliphatic rings. The smallest absolute Gasteiger partial charge is 0.270 e. The molecule has 3 saturated heterocycles. The minimum atomic E-state index is -0.112. The molecular formula is C18H21N5O2S. The highest BCUT2D eigenvalue weighted by Gasteiger charge is 2.39. The summed E-state index contributed by atoms with van der Waals surface area (Å²) >= 11 is 1.54. The van der Waals surface area contributed by atoms with Crippen molar-refractivity contribution in [3.8, 4) is 0 Å². The number of anilines is 1. The topological polar surface area (TPSA) is 86.4 Å². The van der Waals surface area contributed by atoms with E-state index in [4.69, 9.17) is 0 Å². The van der Waals surface area contributed by atoms with E-state index < -0.39 is 0 Å². The van der Waals surface area contributed by atoms with Crippen LogP contribution in [0.15, 0.2) is 18.3 Å². The van der Waals surface area contributed by atoms with Gasteiger partial charge in [-0.25, -0.2) is 0 Å². The van der Waals surface area contributed by atoms with Gasteiger partial charge in [0, 0.05) is 47.5 Å². The third-order valence-electron chi connectivity index (χ3n) is 5.59. The van der Waals surface area contributed by atoms with Crippen LogP contribution in [-0.2, 0) is 4.79 Å². The molecule has 3 atom stereocenters. The van der Waals surface area contributed by atoms with Crippen LogP contribution in [0, 0.1) is 0 Å². The van der Waals surface area contributed by atoms with Gasteiger partial charge in [0.25, 0.3) is 5.91 Å². The van der Waals surface area contributed by atoms with E-state index in [-0.39, 0.29) is 17.9 Å². The van der Waals surface area contributed by atoms with Gasteiger partial charge in [-0.05, 0) is 31.4 Å². The van der Waals surface area contributed by atoms with Crippen LogP contribution in [0.5, 0.6) is 0 Å². The fourth-order valence-corrected chi connectivity index (χ4v) is 5.36. The SMILES string of the molecule is O=C(N[C@@H]1C[C@H]2CC[C@@H]1N2)c1cc2sc(N3CCNCC3=O)cc2cn1. The van der Waals surface area contributed by atoms with Crippen molar-refractivity contribution in [3.05, 3.63) is 24.0 Å². The van der Waals surface area contributed by atoms with E-state index >= 15 is 0 Å². The number of thiophene rings is 1. The Morgan fingerprint density at radius 2 is 2.27 bits per heavy atom. The molecule has 0 spiro atoms. The van der Waals surface area contributed by atoms with E-state index in [2.05, 4.69) is 20.9 Å². The van der Waals surface area contributed by atoms with Gasteiger partial charge < -0.3 is 20.9 Å². The lowest BCUT2D eigenvalue weighted by Gasteiger charge is -2.25. The number of hydrogen-bond acceptors (Lipinski definition) is 6.